The van der Waals surface area contributed by atoms with Gasteiger partial charge in [0.2, 0.25) is 11.6 Å². The monoisotopic (exact) mass is 580 g/mol. The number of aromatic nitrogens is 4. The number of nitrogens with zero attached hydrogens (tertiary/aromatic N) is 6. The molecule has 42 heavy (non-hydrogen) atoms. The number of hydrogen-bond acceptors (Lipinski definition) is 11. The number of piperidine rings is 1. The van der Waals surface area contributed by atoms with Gasteiger partial charge in [0.1, 0.15) is 24.2 Å². The third-order valence-electron chi connectivity index (χ3n) is 6.70. The van der Waals surface area contributed by atoms with Gasteiger partial charge in [-0.1, -0.05) is 0 Å². The second-order valence-corrected chi connectivity index (χ2v) is 9.65. The van der Waals surface area contributed by atoms with Gasteiger partial charge in [0, 0.05) is 30.8 Å². The molecule has 0 aliphatic carbocycles. The lowest BCUT2D eigenvalue weighted by Crippen LogP contribution is -2.52. The number of likely N-dealkylation sites (tertiary alicyclic amines) is 1. The maximum Gasteiger partial charge on any atom is 0.296 e. The summed E-state index contributed by atoms with van der Waals surface area (Å²) in [4.78, 5) is 22.4. The molecule has 1 fully saturated rings. The van der Waals surface area contributed by atoms with E-state index >= 15 is 8.78 Å². The third kappa shape index (κ3) is 5.93. The number of nitrogens with two attached hydrogens (primary N) is 1. The number of anilines is 2. The van der Waals surface area contributed by atoms with E-state index in [2.05, 4.69) is 30.2 Å². The summed E-state index contributed by atoms with van der Waals surface area (Å²) in [5, 5.41) is 3.63. The van der Waals surface area contributed by atoms with Gasteiger partial charge in [0.05, 0.1) is 38.0 Å². The van der Waals surface area contributed by atoms with E-state index in [1.165, 1.54) is 26.9 Å². The van der Waals surface area contributed by atoms with Crippen LogP contribution in [-0.4, -0.2) is 77.6 Å². The van der Waals surface area contributed by atoms with E-state index in [1.54, 1.807) is 36.2 Å². The minimum atomic E-state index is -3.09. The van der Waals surface area contributed by atoms with Gasteiger partial charge >= 0.3 is 0 Å². The Bertz CT molecular complexity index is 1620. The Balaban J connectivity index is 1.50. The van der Waals surface area contributed by atoms with E-state index < -0.39 is 18.6 Å². The number of fused-ring (bicyclic) bond motifs is 1. The molecule has 0 saturated carbocycles. The Kier molecular flexibility index (Phi) is 8.15. The summed E-state index contributed by atoms with van der Waals surface area (Å²) >= 11 is 0. The number of nitrogens with one attached hydrogen (secondary N) is 1. The second kappa shape index (κ2) is 11.9. The minimum absolute atomic E-state index is 0.0700. The van der Waals surface area contributed by atoms with Crippen molar-refractivity contribution in [3.8, 4) is 28.9 Å². The van der Waals surface area contributed by atoms with Gasteiger partial charge in [-0.3, -0.25) is 0 Å². The molecule has 5 rings (SSSR count). The fourth-order valence-corrected chi connectivity index (χ4v) is 4.70. The Labute approximate surface area is 240 Å². The molecule has 12 nitrogen and oxygen atoms in total. The minimum Gasteiger partial charge on any atom is -0.493 e. The zero-order chi connectivity index (χ0) is 29.9. The number of hydrogen-bond donors (Lipinski definition) is 2. The first-order chi connectivity index (χ1) is 20.2. The van der Waals surface area contributed by atoms with Crippen LogP contribution in [0.2, 0.25) is 0 Å². The molecule has 3 N–H and O–H groups in total. The SMILES string of the molecule is COc1cc2ncnc(Nc3ccc(Oc4cc(N=CN)ncn4)c(C)c3)c2c(O[C@@H]2CCN(C)CC2(F)F)c1OC. The van der Waals surface area contributed by atoms with Crippen molar-refractivity contribution in [1.29, 1.82) is 0 Å². The van der Waals surface area contributed by atoms with Gasteiger partial charge in [0.25, 0.3) is 5.92 Å². The summed E-state index contributed by atoms with van der Waals surface area (Å²) in [6, 6.07) is 8.58. The molecular formula is C28H30F2N8O4. The molecule has 0 unspecified atom stereocenters. The molecule has 1 saturated heterocycles. The molecule has 0 bridgehead atoms. The van der Waals surface area contributed by atoms with Gasteiger partial charge in [-0.15, -0.1) is 0 Å². The third-order valence-corrected chi connectivity index (χ3v) is 6.70. The Morgan fingerprint density at radius 1 is 1.05 bits per heavy atom. The average Bonchev–Trinajstić information content (AvgIpc) is 2.95. The summed E-state index contributed by atoms with van der Waals surface area (Å²) in [6.45, 7) is 1.90. The van der Waals surface area contributed by atoms with Gasteiger partial charge < -0.3 is 34.9 Å². The van der Waals surface area contributed by atoms with E-state index in [1.807, 2.05) is 13.0 Å². The maximum absolute atomic E-state index is 15.1. The summed E-state index contributed by atoms with van der Waals surface area (Å²) in [5.41, 5.74) is 7.20. The number of methoxy groups -OCH3 is 2. The summed E-state index contributed by atoms with van der Waals surface area (Å²) in [7, 11) is 4.53. The van der Waals surface area contributed by atoms with Crippen molar-refractivity contribution in [2.45, 2.75) is 25.4 Å². The normalized spacial score (nSPS) is 16.9. The molecule has 1 atom stereocenters. The molecule has 2 aromatic heterocycles. The molecule has 14 heteroatoms. The predicted molar refractivity (Wildman–Crippen MR) is 153 cm³/mol. The number of aliphatic imine (C=N–C) groups is 1. The first-order valence-electron chi connectivity index (χ1n) is 13.0. The molecule has 0 spiro atoms. The van der Waals surface area contributed by atoms with E-state index in [0.717, 1.165) is 11.9 Å². The van der Waals surface area contributed by atoms with Crippen LogP contribution in [0, 0.1) is 6.92 Å². The number of ether oxygens (including phenoxy) is 4. The van der Waals surface area contributed by atoms with Crippen molar-refractivity contribution in [3.05, 3.63) is 48.5 Å². The van der Waals surface area contributed by atoms with E-state index in [0.29, 0.717) is 52.1 Å². The molecule has 2 aromatic carbocycles. The van der Waals surface area contributed by atoms with Crippen molar-refractivity contribution < 1.29 is 27.7 Å². The largest absolute Gasteiger partial charge is 0.493 e. The molecule has 0 radical (unpaired) electrons. The fraction of sp³-hybridized carbons (Fsp3) is 0.321. The first kappa shape index (κ1) is 28.7. The molecule has 0 amide bonds. The average molecular weight is 581 g/mol. The summed E-state index contributed by atoms with van der Waals surface area (Å²) < 4.78 is 53.2. The number of aryl methyl sites for hydroxylation is 1. The highest BCUT2D eigenvalue weighted by atomic mass is 19.3. The number of halogens is 2. The number of alkyl halides is 2. The smallest absolute Gasteiger partial charge is 0.296 e. The van der Waals surface area contributed by atoms with Crippen LogP contribution in [0.3, 0.4) is 0 Å². The van der Waals surface area contributed by atoms with E-state index in [-0.39, 0.29) is 17.9 Å². The lowest BCUT2D eigenvalue weighted by Gasteiger charge is -2.36. The van der Waals surface area contributed by atoms with Crippen LogP contribution < -0.4 is 30.0 Å². The maximum atomic E-state index is 15.1. The standard InChI is InChI=1S/C28H30F2N8O4/c1-16-9-17(5-6-19(16)41-23-11-22(32-13-31)34-15-35-23)37-27-24-18(33-14-36-27)10-20(39-3)25(40-4)26(24)42-21-7-8-38(2)12-28(21,29)30/h5-6,9-11,13-15,21H,7-8,12H2,1-4H3,(H,33,36,37)(H2,31,32,34,35)/t21-/m1/s1. The van der Waals surface area contributed by atoms with E-state index in [9.17, 15) is 0 Å². The molecule has 1 aliphatic rings. The molecule has 220 valence electrons. The van der Waals surface area contributed by atoms with Crippen molar-refractivity contribution in [2.75, 3.05) is 39.7 Å². The second-order valence-electron chi connectivity index (χ2n) is 9.65. The Morgan fingerprint density at radius 3 is 2.57 bits per heavy atom. The summed E-state index contributed by atoms with van der Waals surface area (Å²) in [6.07, 6.45) is 2.56. The lowest BCUT2D eigenvalue weighted by atomic mass is 10.0. The quantitative estimate of drug-likeness (QED) is 0.212. The zero-order valence-corrected chi connectivity index (χ0v) is 23.5. The van der Waals surface area contributed by atoms with Crippen molar-refractivity contribution in [1.82, 2.24) is 24.8 Å². The molecule has 3 heterocycles. The van der Waals surface area contributed by atoms with E-state index in [4.69, 9.17) is 24.7 Å². The lowest BCUT2D eigenvalue weighted by molar-refractivity contribution is -0.135. The highest BCUT2D eigenvalue weighted by Crippen LogP contribution is 2.47. The highest BCUT2D eigenvalue weighted by Gasteiger charge is 2.46. The van der Waals surface area contributed by atoms with Crippen molar-refractivity contribution >= 4 is 34.6 Å². The Hall–Kier alpha value is -4.85. The number of benzene rings is 2. The molecule has 1 aliphatic heterocycles. The Morgan fingerprint density at radius 2 is 1.86 bits per heavy atom. The molecule has 4 aromatic rings. The van der Waals surface area contributed by atoms with Crippen LogP contribution in [-0.2, 0) is 0 Å². The van der Waals surface area contributed by atoms with Crippen LogP contribution >= 0.6 is 0 Å². The van der Waals surface area contributed by atoms with Gasteiger partial charge in [0.15, 0.2) is 23.4 Å². The van der Waals surface area contributed by atoms with Gasteiger partial charge in [-0.2, -0.15) is 0 Å². The summed E-state index contributed by atoms with van der Waals surface area (Å²) in [5.74, 6) is -1.02. The predicted octanol–water partition coefficient (Wildman–Crippen LogP) is 4.62. The first-order valence-corrected chi connectivity index (χ1v) is 13.0. The van der Waals surface area contributed by atoms with Crippen molar-refractivity contribution in [2.24, 2.45) is 10.7 Å². The van der Waals surface area contributed by atoms with Crippen molar-refractivity contribution in [3.63, 3.8) is 0 Å². The number of rotatable bonds is 9. The highest BCUT2D eigenvalue weighted by molar-refractivity contribution is 5.99. The molecular weight excluding hydrogens is 550 g/mol. The fourth-order valence-electron chi connectivity index (χ4n) is 4.70. The van der Waals surface area contributed by atoms with Crippen LogP contribution in [0.4, 0.5) is 26.1 Å². The van der Waals surface area contributed by atoms with Crippen LogP contribution in [0.25, 0.3) is 10.9 Å². The van der Waals surface area contributed by atoms with Gasteiger partial charge in [-0.05, 0) is 37.7 Å². The van der Waals surface area contributed by atoms with Crippen LogP contribution in [0.1, 0.15) is 12.0 Å². The van der Waals surface area contributed by atoms with Crippen LogP contribution in [0.15, 0.2) is 48.0 Å². The van der Waals surface area contributed by atoms with Gasteiger partial charge in [-0.25, -0.2) is 33.7 Å². The zero-order valence-electron chi connectivity index (χ0n) is 23.5. The van der Waals surface area contributed by atoms with Crippen LogP contribution in [0.5, 0.6) is 28.9 Å². The topological polar surface area (TPSA) is 142 Å².